The molecule has 90 valence electrons. The summed E-state index contributed by atoms with van der Waals surface area (Å²) < 4.78 is 2.49. The van der Waals surface area contributed by atoms with Crippen LogP contribution in [-0.4, -0.2) is 28.7 Å². The van der Waals surface area contributed by atoms with Gasteiger partial charge in [-0.2, -0.15) is 0 Å². The number of hydrogen-bond donors (Lipinski definition) is 1. The van der Waals surface area contributed by atoms with Crippen molar-refractivity contribution in [3.05, 3.63) is 22.5 Å². The molecule has 0 atom stereocenters. The fraction of sp³-hybridized carbons (Fsp3) is 0.583. The van der Waals surface area contributed by atoms with Crippen LogP contribution in [0.1, 0.15) is 25.3 Å². The maximum Gasteiger partial charge on any atom is 0.155 e. The average molecular weight is 240 g/mol. The molecule has 1 aromatic heterocycles. The van der Waals surface area contributed by atoms with E-state index in [1.807, 2.05) is 35.8 Å². The molecule has 0 radical (unpaired) electrons. The Morgan fingerprint density at radius 1 is 1.44 bits per heavy atom. The lowest BCUT2D eigenvalue weighted by Gasteiger charge is -2.14. The number of aromatic nitrogens is 1. The van der Waals surface area contributed by atoms with Crippen molar-refractivity contribution in [1.29, 1.82) is 0 Å². The summed E-state index contributed by atoms with van der Waals surface area (Å²) in [5, 5.41) is 9.97. The first-order valence-electron chi connectivity index (χ1n) is 5.62. The molecule has 0 spiro atoms. The summed E-state index contributed by atoms with van der Waals surface area (Å²) in [6.45, 7) is 3.74. The molecule has 0 aliphatic carbocycles. The van der Waals surface area contributed by atoms with E-state index in [1.54, 1.807) is 0 Å². The minimum atomic E-state index is 0.252. The molecule has 1 heterocycles. The smallest absolute Gasteiger partial charge is 0.155 e. The largest absolute Gasteiger partial charge is 0.505 e. The van der Waals surface area contributed by atoms with Crippen molar-refractivity contribution in [2.45, 2.75) is 32.9 Å². The summed E-state index contributed by atoms with van der Waals surface area (Å²) in [6.07, 6.45) is 4.18. The molecule has 1 N–H and O–H groups in total. The minimum Gasteiger partial charge on any atom is -0.505 e. The average Bonchev–Trinajstić information content (AvgIpc) is 2.23. The van der Waals surface area contributed by atoms with Gasteiger partial charge in [0.2, 0.25) is 0 Å². The van der Waals surface area contributed by atoms with E-state index in [-0.39, 0.29) is 5.75 Å². The zero-order valence-corrected chi connectivity index (χ0v) is 11.0. The third kappa shape index (κ3) is 3.32. The second kappa shape index (κ2) is 6.01. The Hall–Kier alpha value is -0.870. The Labute approximate surface area is 102 Å². The zero-order valence-electron chi connectivity index (χ0n) is 10.2. The Morgan fingerprint density at radius 3 is 2.69 bits per heavy atom. The summed E-state index contributed by atoms with van der Waals surface area (Å²) in [6, 6.07) is 1.95. The molecule has 0 bridgehead atoms. The molecule has 0 saturated carbocycles. The molecule has 0 saturated heterocycles. The number of hydrogen-bond acceptors (Lipinski definition) is 3. The van der Waals surface area contributed by atoms with E-state index in [0.29, 0.717) is 11.2 Å². The molecule has 0 unspecified atom stereocenters. The monoisotopic (exact) mass is 240 g/mol. The summed E-state index contributed by atoms with van der Waals surface area (Å²) in [7, 11) is 3.95. The number of aryl methyl sites for hydroxylation is 1. The molecular formula is C12H20N2OS. The summed E-state index contributed by atoms with van der Waals surface area (Å²) in [5.41, 5.74) is 0.891. The van der Waals surface area contributed by atoms with Crippen molar-refractivity contribution >= 4 is 12.2 Å². The van der Waals surface area contributed by atoms with Crippen molar-refractivity contribution in [3.63, 3.8) is 0 Å². The van der Waals surface area contributed by atoms with E-state index >= 15 is 0 Å². The third-order valence-electron chi connectivity index (χ3n) is 2.46. The van der Waals surface area contributed by atoms with Gasteiger partial charge in [0.25, 0.3) is 0 Å². The number of aromatic hydroxyl groups is 1. The van der Waals surface area contributed by atoms with Gasteiger partial charge in [-0.25, -0.2) is 0 Å². The minimum absolute atomic E-state index is 0.252. The van der Waals surface area contributed by atoms with Crippen LogP contribution in [0.15, 0.2) is 12.3 Å². The Kier molecular flexibility index (Phi) is 4.96. The lowest BCUT2D eigenvalue weighted by molar-refractivity contribution is 0.382. The topological polar surface area (TPSA) is 28.4 Å². The molecule has 0 aliphatic rings. The van der Waals surface area contributed by atoms with Crippen LogP contribution in [0.2, 0.25) is 0 Å². The van der Waals surface area contributed by atoms with E-state index in [1.165, 1.54) is 0 Å². The maximum absolute atomic E-state index is 9.97. The fourth-order valence-electron chi connectivity index (χ4n) is 1.57. The molecule has 1 aromatic rings. The molecule has 0 aromatic carbocycles. The van der Waals surface area contributed by atoms with Crippen LogP contribution >= 0.6 is 12.2 Å². The van der Waals surface area contributed by atoms with Gasteiger partial charge < -0.3 is 14.6 Å². The van der Waals surface area contributed by atoms with Crippen LogP contribution in [0.25, 0.3) is 0 Å². The van der Waals surface area contributed by atoms with Crippen molar-refractivity contribution < 1.29 is 5.11 Å². The lowest BCUT2D eigenvalue weighted by atomic mass is 10.2. The number of nitrogens with zero attached hydrogens (tertiary/aromatic N) is 2. The Balaban J connectivity index is 2.94. The second-order valence-electron chi connectivity index (χ2n) is 4.28. The molecular weight excluding hydrogens is 220 g/mol. The predicted molar refractivity (Wildman–Crippen MR) is 69.2 cm³/mol. The third-order valence-corrected chi connectivity index (χ3v) is 2.89. The highest BCUT2D eigenvalue weighted by Gasteiger charge is 2.06. The van der Waals surface area contributed by atoms with Crippen LogP contribution in [0.3, 0.4) is 0 Å². The highest BCUT2D eigenvalue weighted by molar-refractivity contribution is 7.71. The van der Waals surface area contributed by atoms with Crippen LogP contribution in [0.4, 0.5) is 0 Å². The lowest BCUT2D eigenvalue weighted by Crippen LogP contribution is -2.12. The van der Waals surface area contributed by atoms with Crippen molar-refractivity contribution in [1.82, 2.24) is 9.47 Å². The molecule has 3 nitrogen and oxygen atoms in total. The van der Waals surface area contributed by atoms with Crippen LogP contribution in [-0.2, 0) is 13.1 Å². The Morgan fingerprint density at radius 2 is 2.12 bits per heavy atom. The summed E-state index contributed by atoms with van der Waals surface area (Å²) >= 11 is 5.24. The van der Waals surface area contributed by atoms with Crippen LogP contribution in [0, 0.1) is 4.64 Å². The van der Waals surface area contributed by atoms with Gasteiger partial charge in [0.15, 0.2) is 5.75 Å². The SMILES string of the molecule is CCCCn1ccc(CN(C)C)c(O)c1=S. The van der Waals surface area contributed by atoms with Gasteiger partial charge in [-0.05, 0) is 26.6 Å². The van der Waals surface area contributed by atoms with Gasteiger partial charge in [-0.3, -0.25) is 0 Å². The van der Waals surface area contributed by atoms with Crippen molar-refractivity contribution in [2.75, 3.05) is 14.1 Å². The van der Waals surface area contributed by atoms with E-state index < -0.39 is 0 Å². The van der Waals surface area contributed by atoms with Gasteiger partial charge in [-0.1, -0.05) is 25.6 Å². The van der Waals surface area contributed by atoms with Gasteiger partial charge in [0.1, 0.15) is 4.64 Å². The van der Waals surface area contributed by atoms with E-state index in [4.69, 9.17) is 12.2 Å². The van der Waals surface area contributed by atoms with Crippen molar-refractivity contribution in [2.24, 2.45) is 0 Å². The first-order valence-corrected chi connectivity index (χ1v) is 6.03. The molecule has 16 heavy (non-hydrogen) atoms. The van der Waals surface area contributed by atoms with Gasteiger partial charge >= 0.3 is 0 Å². The highest BCUT2D eigenvalue weighted by Crippen LogP contribution is 2.20. The highest BCUT2D eigenvalue weighted by atomic mass is 32.1. The normalized spacial score (nSPS) is 11.0. The van der Waals surface area contributed by atoms with E-state index in [9.17, 15) is 5.11 Å². The van der Waals surface area contributed by atoms with E-state index in [0.717, 1.165) is 24.9 Å². The second-order valence-corrected chi connectivity index (χ2v) is 4.67. The quantitative estimate of drug-likeness (QED) is 0.802. The van der Waals surface area contributed by atoms with Gasteiger partial charge in [0, 0.05) is 24.8 Å². The summed E-state index contributed by atoms with van der Waals surface area (Å²) in [4.78, 5) is 2.01. The molecule has 0 amide bonds. The number of rotatable bonds is 5. The molecule has 0 aliphatic heterocycles. The first-order chi connectivity index (χ1) is 7.56. The van der Waals surface area contributed by atoms with Gasteiger partial charge in [0.05, 0.1) is 0 Å². The predicted octanol–water partition coefficient (Wildman–Crippen LogP) is 2.78. The summed E-state index contributed by atoms with van der Waals surface area (Å²) in [5.74, 6) is 0.252. The van der Waals surface area contributed by atoms with Gasteiger partial charge in [-0.15, -0.1) is 0 Å². The number of pyridine rings is 1. The van der Waals surface area contributed by atoms with Crippen molar-refractivity contribution in [3.8, 4) is 5.75 Å². The molecule has 0 fully saturated rings. The van der Waals surface area contributed by atoms with E-state index in [2.05, 4.69) is 6.92 Å². The van der Waals surface area contributed by atoms with Crippen LogP contribution in [0.5, 0.6) is 5.75 Å². The fourth-order valence-corrected chi connectivity index (χ4v) is 1.86. The maximum atomic E-state index is 9.97. The molecule has 1 rings (SSSR count). The Bertz CT molecular complexity index is 398. The molecule has 4 heteroatoms. The standard InChI is InChI=1S/C12H20N2OS/c1-4-5-7-14-8-6-10(9-13(2)3)11(15)12(14)16/h6,8,15H,4-5,7,9H2,1-3H3. The number of unbranched alkanes of at least 4 members (excludes halogenated alkanes) is 1. The zero-order chi connectivity index (χ0) is 12.1. The van der Waals surface area contributed by atoms with Crippen LogP contribution < -0.4 is 0 Å². The first kappa shape index (κ1) is 13.2.